The van der Waals surface area contributed by atoms with Gasteiger partial charge in [0.1, 0.15) is 5.75 Å². The van der Waals surface area contributed by atoms with Crippen LogP contribution in [-0.2, 0) is 5.41 Å². The third-order valence-corrected chi connectivity index (χ3v) is 3.37. The van der Waals surface area contributed by atoms with Crippen molar-refractivity contribution in [2.45, 2.75) is 33.1 Å². The monoisotopic (exact) mass is 284 g/mol. The summed E-state index contributed by atoms with van der Waals surface area (Å²) in [5.41, 5.74) is 10.1. The Morgan fingerprint density at radius 1 is 1.00 bits per heavy atom. The highest BCUT2D eigenvalue weighted by atomic mass is 16.5. The van der Waals surface area contributed by atoms with Gasteiger partial charge in [-0.05, 0) is 36.1 Å². The molecule has 3 nitrogen and oxygen atoms in total. The second kappa shape index (κ2) is 6.08. The summed E-state index contributed by atoms with van der Waals surface area (Å²) in [6.07, 6.45) is 0. The number of nitrogens with two attached hydrogens (primary N) is 1. The minimum Gasteiger partial charge on any atom is -0.492 e. The highest BCUT2D eigenvalue weighted by Crippen LogP contribution is 2.35. The number of para-hydroxylation sites is 2. The van der Waals surface area contributed by atoms with E-state index in [9.17, 15) is 0 Å². The van der Waals surface area contributed by atoms with Crippen molar-refractivity contribution in [3.63, 3.8) is 0 Å². The van der Waals surface area contributed by atoms with Crippen LogP contribution in [0, 0.1) is 0 Å². The van der Waals surface area contributed by atoms with E-state index in [1.807, 2.05) is 31.2 Å². The number of rotatable bonds is 4. The fourth-order valence-electron chi connectivity index (χ4n) is 2.33. The Labute approximate surface area is 127 Å². The molecule has 0 amide bonds. The van der Waals surface area contributed by atoms with Gasteiger partial charge in [0.2, 0.25) is 0 Å². The molecule has 0 bridgehead atoms. The van der Waals surface area contributed by atoms with Gasteiger partial charge < -0.3 is 15.8 Å². The first-order chi connectivity index (χ1) is 9.93. The number of nitrogens with one attached hydrogen (secondary N) is 1. The lowest BCUT2D eigenvalue weighted by atomic mass is 9.86. The van der Waals surface area contributed by atoms with E-state index in [-0.39, 0.29) is 5.41 Å². The number of anilines is 3. The zero-order valence-corrected chi connectivity index (χ0v) is 13.2. The Hall–Kier alpha value is -2.16. The van der Waals surface area contributed by atoms with Gasteiger partial charge in [-0.15, -0.1) is 0 Å². The Kier molecular flexibility index (Phi) is 4.41. The SMILES string of the molecule is CCOc1cccc(Nc2ccccc2C(C)(C)C)c1N. The summed E-state index contributed by atoms with van der Waals surface area (Å²) in [6.45, 7) is 9.16. The van der Waals surface area contributed by atoms with Gasteiger partial charge in [-0.25, -0.2) is 0 Å². The molecule has 0 saturated carbocycles. The third kappa shape index (κ3) is 3.48. The number of nitrogen functional groups attached to an aromatic ring is 1. The third-order valence-electron chi connectivity index (χ3n) is 3.37. The first kappa shape index (κ1) is 15.2. The van der Waals surface area contributed by atoms with Gasteiger partial charge in [-0.3, -0.25) is 0 Å². The van der Waals surface area contributed by atoms with Crippen molar-refractivity contribution in [1.29, 1.82) is 0 Å². The average Bonchev–Trinajstić information content (AvgIpc) is 2.43. The maximum atomic E-state index is 6.19. The molecule has 0 aliphatic heterocycles. The van der Waals surface area contributed by atoms with Crippen molar-refractivity contribution in [3.8, 4) is 5.75 Å². The molecule has 3 heteroatoms. The normalized spacial score (nSPS) is 11.2. The second-order valence-electron chi connectivity index (χ2n) is 6.07. The fraction of sp³-hybridized carbons (Fsp3) is 0.333. The molecular formula is C18H24N2O. The number of hydrogen-bond acceptors (Lipinski definition) is 3. The van der Waals surface area contributed by atoms with Crippen molar-refractivity contribution >= 4 is 17.1 Å². The van der Waals surface area contributed by atoms with Crippen LogP contribution < -0.4 is 15.8 Å². The Morgan fingerprint density at radius 3 is 2.33 bits per heavy atom. The van der Waals surface area contributed by atoms with Crippen LogP contribution in [0.4, 0.5) is 17.1 Å². The number of benzene rings is 2. The summed E-state index contributed by atoms with van der Waals surface area (Å²) in [5.74, 6) is 0.718. The fourth-order valence-corrected chi connectivity index (χ4v) is 2.33. The van der Waals surface area contributed by atoms with E-state index in [1.165, 1.54) is 5.56 Å². The quantitative estimate of drug-likeness (QED) is 0.799. The first-order valence-electron chi connectivity index (χ1n) is 7.31. The molecule has 3 N–H and O–H groups in total. The van der Waals surface area contributed by atoms with E-state index >= 15 is 0 Å². The van der Waals surface area contributed by atoms with Crippen LogP contribution in [0.25, 0.3) is 0 Å². The van der Waals surface area contributed by atoms with Crippen LogP contribution in [0.5, 0.6) is 5.75 Å². The molecule has 2 rings (SSSR count). The molecule has 21 heavy (non-hydrogen) atoms. The summed E-state index contributed by atoms with van der Waals surface area (Å²) < 4.78 is 5.55. The van der Waals surface area contributed by atoms with Crippen LogP contribution in [0.1, 0.15) is 33.3 Å². The minimum absolute atomic E-state index is 0.0654. The molecule has 0 aliphatic carbocycles. The van der Waals surface area contributed by atoms with Gasteiger partial charge in [0.25, 0.3) is 0 Å². The number of ether oxygens (including phenoxy) is 1. The molecule has 112 valence electrons. The minimum atomic E-state index is 0.0654. The molecule has 0 fully saturated rings. The lowest BCUT2D eigenvalue weighted by molar-refractivity contribution is 0.342. The molecule has 0 aromatic heterocycles. The van der Waals surface area contributed by atoms with Crippen molar-refractivity contribution < 1.29 is 4.74 Å². The molecule has 0 spiro atoms. The van der Waals surface area contributed by atoms with E-state index in [0.717, 1.165) is 17.1 Å². The van der Waals surface area contributed by atoms with Crippen LogP contribution in [0.3, 0.4) is 0 Å². The van der Waals surface area contributed by atoms with Gasteiger partial charge in [0.15, 0.2) is 0 Å². The lowest BCUT2D eigenvalue weighted by Crippen LogP contribution is -2.13. The Morgan fingerprint density at radius 2 is 1.67 bits per heavy atom. The topological polar surface area (TPSA) is 47.3 Å². The maximum Gasteiger partial charge on any atom is 0.144 e. The van der Waals surface area contributed by atoms with Gasteiger partial charge in [-0.2, -0.15) is 0 Å². The van der Waals surface area contributed by atoms with Crippen LogP contribution >= 0.6 is 0 Å². The van der Waals surface area contributed by atoms with E-state index in [0.29, 0.717) is 12.3 Å². The lowest BCUT2D eigenvalue weighted by Gasteiger charge is -2.24. The van der Waals surface area contributed by atoms with E-state index in [4.69, 9.17) is 10.5 Å². The number of hydrogen-bond donors (Lipinski definition) is 2. The average molecular weight is 284 g/mol. The summed E-state index contributed by atoms with van der Waals surface area (Å²) >= 11 is 0. The van der Waals surface area contributed by atoms with Crippen LogP contribution in [-0.4, -0.2) is 6.61 Å². The maximum absolute atomic E-state index is 6.19. The molecule has 2 aromatic carbocycles. The first-order valence-corrected chi connectivity index (χ1v) is 7.31. The van der Waals surface area contributed by atoms with Gasteiger partial charge in [0, 0.05) is 5.69 Å². The summed E-state index contributed by atoms with van der Waals surface area (Å²) in [6, 6.07) is 14.1. The molecule has 0 atom stereocenters. The molecule has 0 saturated heterocycles. The van der Waals surface area contributed by atoms with Crippen LogP contribution in [0.2, 0.25) is 0 Å². The largest absolute Gasteiger partial charge is 0.492 e. The van der Waals surface area contributed by atoms with Crippen molar-refractivity contribution in [2.24, 2.45) is 0 Å². The molecule has 0 radical (unpaired) electrons. The molecular weight excluding hydrogens is 260 g/mol. The summed E-state index contributed by atoms with van der Waals surface area (Å²) in [5, 5.41) is 3.44. The van der Waals surface area contributed by atoms with Gasteiger partial charge in [0.05, 0.1) is 18.0 Å². The van der Waals surface area contributed by atoms with E-state index < -0.39 is 0 Å². The van der Waals surface area contributed by atoms with Crippen molar-refractivity contribution in [3.05, 3.63) is 48.0 Å². The van der Waals surface area contributed by atoms with Gasteiger partial charge in [-0.1, -0.05) is 45.0 Å². The van der Waals surface area contributed by atoms with Crippen LogP contribution in [0.15, 0.2) is 42.5 Å². The molecule has 0 aliphatic rings. The predicted octanol–water partition coefficient (Wildman–Crippen LogP) is 4.71. The highest BCUT2D eigenvalue weighted by Gasteiger charge is 2.18. The summed E-state index contributed by atoms with van der Waals surface area (Å²) in [7, 11) is 0. The zero-order valence-electron chi connectivity index (χ0n) is 13.2. The molecule has 2 aromatic rings. The Bertz CT molecular complexity index is 615. The highest BCUT2D eigenvalue weighted by molar-refractivity contribution is 5.78. The van der Waals surface area contributed by atoms with E-state index in [1.54, 1.807) is 0 Å². The molecule has 0 heterocycles. The van der Waals surface area contributed by atoms with Crippen molar-refractivity contribution in [1.82, 2.24) is 0 Å². The second-order valence-corrected chi connectivity index (χ2v) is 6.07. The smallest absolute Gasteiger partial charge is 0.144 e. The Balaban J connectivity index is 2.38. The van der Waals surface area contributed by atoms with Gasteiger partial charge >= 0.3 is 0 Å². The van der Waals surface area contributed by atoms with Crippen molar-refractivity contribution in [2.75, 3.05) is 17.7 Å². The predicted molar refractivity (Wildman–Crippen MR) is 90.4 cm³/mol. The molecule has 0 unspecified atom stereocenters. The standard InChI is InChI=1S/C18H24N2O/c1-5-21-16-12-8-11-15(17(16)19)20-14-10-7-6-9-13(14)18(2,3)4/h6-12,20H,5,19H2,1-4H3. The van der Waals surface area contributed by atoms with E-state index in [2.05, 4.69) is 44.3 Å². The zero-order chi connectivity index (χ0) is 15.5. The summed E-state index contributed by atoms with van der Waals surface area (Å²) in [4.78, 5) is 0.